The van der Waals surface area contributed by atoms with Crippen LogP contribution < -0.4 is 15.8 Å². The molecule has 0 unspecified atom stereocenters. The normalized spacial score (nSPS) is 14.7. The zero-order valence-corrected chi connectivity index (χ0v) is 24.2. The average molecular weight is 580 g/mol. The summed E-state index contributed by atoms with van der Waals surface area (Å²) in [5, 5.41) is 22.6. The van der Waals surface area contributed by atoms with Gasteiger partial charge in [0.1, 0.15) is 0 Å². The van der Waals surface area contributed by atoms with Crippen LogP contribution in [0.25, 0.3) is 11.1 Å². The molecule has 1 fully saturated rings. The molecule has 3 aromatic carbocycles. The minimum Gasteiger partial charge on any atom is -0.399 e. The van der Waals surface area contributed by atoms with Gasteiger partial charge in [0.05, 0.1) is 11.9 Å². The van der Waals surface area contributed by atoms with Gasteiger partial charge in [0.2, 0.25) is 10.0 Å². The number of aliphatic hydroxyl groups excluding tert-OH is 2. The lowest BCUT2D eigenvalue weighted by Crippen LogP contribution is -2.33. The number of carbonyl (C=O) groups is 1. The molecule has 1 amide bonds. The highest BCUT2D eigenvalue weighted by Gasteiger charge is 2.25. The number of nitrogens with two attached hydrogens (primary N) is 1. The fourth-order valence-corrected chi connectivity index (χ4v) is 6.39. The molecule has 4 rings (SSSR count). The van der Waals surface area contributed by atoms with Gasteiger partial charge in [-0.15, -0.1) is 0 Å². The second-order valence-corrected chi connectivity index (χ2v) is 12.6. The number of hydrogen-bond donors (Lipinski definition) is 5. The van der Waals surface area contributed by atoms with Crippen LogP contribution in [0.5, 0.6) is 0 Å². The summed E-state index contributed by atoms with van der Waals surface area (Å²) in [5.74, 6) is -0.678. The van der Waals surface area contributed by atoms with Crippen molar-refractivity contribution in [3.8, 4) is 11.1 Å². The fourth-order valence-electron chi connectivity index (χ4n) is 5.38. The summed E-state index contributed by atoms with van der Waals surface area (Å²) < 4.78 is 26.7. The molecule has 0 bridgehead atoms. The molecule has 1 saturated carbocycles. The Morgan fingerprint density at radius 3 is 2.32 bits per heavy atom. The smallest absolute Gasteiger partial charge is 0.265 e. The van der Waals surface area contributed by atoms with E-state index >= 15 is 0 Å². The third-order valence-electron chi connectivity index (χ3n) is 7.68. The summed E-state index contributed by atoms with van der Waals surface area (Å²) in [7, 11) is -3.81. The number of rotatable bonds is 14. The van der Waals surface area contributed by atoms with Gasteiger partial charge in [-0.2, -0.15) is 0 Å². The Kier molecular flexibility index (Phi) is 10.9. The van der Waals surface area contributed by atoms with Crippen molar-refractivity contribution in [2.24, 2.45) is 0 Å². The number of anilines is 1. The molecule has 0 aliphatic heterocycles. The maximum absolute atomic E-state index is 13.0. The standard InChI is InChI=1S/C32H41N3O5S/c33-28-15-12-26(13-16-28)31(37)22-34-18-3-5-23-8-10-24(11-9-23)27-14-17-29(30(21-27)25-6-1-2-7-25)32(38)35-41(39,40)20-4-19-36/h8-17,21,25,31,34,36-37H,1-7,18-20,22,33H2,(H,35,38)/t31-/m1/s1. The Balaban J connectivity index is 1.35. The Morgan fingerprint density at radius 2 is 1.63 bits per heavy atom. The van der Waals surface area contributed by atoms with Gasteiger partial charge in [-0.25, -0.2) is 13.1 Å². The first-order chi connectivity index (χ1) is 19.8. The zero-order chi connectivity index (χ0) is 29.2. The molecule has 41 heavy (non-hydrogen) atoms. The molecule has 0 heterocycles. The summed E-state index contributed by atoms with van der Waals surface area (Å²) in [6.45, 7) is 1.02. The third kappa shape index (κ3) is 8.87. The number of hydrogen-bond acceptors (Lipinski definition) is 7. The maximum Gasteiger partial charge on any atom is 0.265 e. The Morgan fingerprint density at radius 1 is 0.951 bits per heavy atom. The van der Waals surface area contributed by atoms with Crippen LogP contribution in [0, 0.1) is 0 Å². The molecule has 0 saturated heterocycles. The monoisotopic (exact) mass is 579 g/mol. The fraction of sp³-hybridized carbons (Fsp3) is 0.406. The Hall–Kier alpha value is -3.24. The van der Waals surface area contributed by atoms with E-state index in [2.05, 4.69) is 34.3 Å². The van der Waals surface area contributed by atoms with Crippen LogP contribution >= 0.6 is 0 Å². The van der Waals surface area contributed by atoms with Crippen LogP contribution in [0.4, 0.5) is 5.69 Å². The second kappa shape index (κ2) is 14.6. The van der Waals surface area contributed by atoms with Crippen LogP contribution in [-0.4, -0.2) is 50.0 Å². The molecule has 8 nitrogen and oxygen atoms in total. The van der Waals surface area contributed by atoms with E-state index in [0.29, 0.717) is 17.8 Å². The third-order valence-corrected chi connectivity index (χ3v) is 9.00. The van der Waals surface area contributed by atoms with Crippen molar-refractivity contribution in [3.63, 3.8) is 0 Å². The quantitative estimate of drug-likeness (QED) is 0.142. The minimum atomic E-state index is -3.81. The van der Waals surface area contributed by atoms with Gasteiger partial charge < -0.3 is 21.3 Å². The van der Waals surface area contributed by atoms with E-state index in [4.69, 9.17) is 10.8 Å². The molecule has 1 aliphatic rings. The van der Waals surface area contributed by atoms with Crippen molar-refractivity contribution in [1.29, 1.82) is 0 Å². The molecular formula is C32H41N3O5S. The number of sulfonamides is 1. The molecule has 0 spiro atoms. The van der Waals surface area contributed by atoms with Gasteiger partial charge in [0.25, 0.3) is 5.91 Å². The lowest BCUT2D eigenvalue weighted by molar-refractivity contribution is 0.0980. The second-order valence-electron chi connectivity index (χ2n) is 10.8. The van der Waals surface area contributed by atoms with E-state index in [9.17, 15) is 18.3 Å². The van der Waals surface area contributed by atoms with Crippen LogP contribution in [0.2, 0.25) is 0 Å². The number of carbonyl (C=O) groups excluding carboxylic acids is 1. The average Bonchev–Trinajstić information content (AvgIpc) is 3.51. The van der Waals surface area contributed by atoms with Gasteiger partial charge in [-0.3, -0.25) is 4.79 Å². The number of nitrogens with one attached hydrogen (secondary N) is 2. The highest BCUT2D eigenvalue weighted by molar-refractivity contribution is 7.90. The lowest BCUT2D eigenvalue weighted by Gasteiger charge is -2.17. The molecule has 1 aliphatic carbocycles. The summed E-state index contributed by atoms with van der Waals surface area (Å²) in [6, 6.07) is 21.3. The molecule has 220 valence electrons. The largest absolute Gasteiger partial charge is 0.399 e. The molecule has 9 heteroatoms. The van der Waals surface area contributed by atoms with Crippen molar-refractivity contribution >= 4 is 21.6 Å². The highest BCUT2D eigenvalue weighted by atomic mass is 32.2. The van der Waals surface area contributed by atoms with Gasteiger partial charge in [-0.05, 0) is 90.6 Å². The van der Waals surface area contributed by atoms with E-state index < -0.39 is 22.0 Å². The van der Waals surface area contributed by atoms with Crippen molar-refractivity contribution in [3.05, 3.63) is 89.0 Å². The molecule has 0 aromatic heterocycles. The summed E-state index contributed by atoms with van der Waals surface area (Å²) in [5.41, 5.74) is 11.8. The summed E-state index contributed by atoms with van der Waals surface area (Å²) >= 11 is 0. The van der Waals surface area contributed by atoms with E-state index in [1.54, 1.807) is 18.2 Å². The number of aliphatic hydroxyl groups is 2. The van der Waals surface area contributed by atoms with Crippen molar-refractivity contribution in [2.75, 3.05) is 31.2 Å². The first-order valence-electron chi connectivity index (χ1n) is 14.4. The molecule has 1 atom stereocenters. The first-order valence-corrected chi connectivity index (χ1v) is 16.0. The van der Waals surface area contributed by atoms with E-state index in [1.165, 1.54) is 5.56 Å². The van der Waals surface area contributed by atoms with E-state index in [1.807, 2.05) is 24.3 Å². The number of nitrogen functional groups attached to an aromatic ring is 1. The maximum atomic E-state index is 13.0. The van der Waals surface area contributed by atoms with Gasteiger partial charge in [0, 0.05) is 24.4 Å². The first kappa shape index (κ1) is 30.7. The van der Waals surface area contributed by atoms with Crippen molar-refractivity contribution in [1.82, 2.24) is 10.0 Å². The van der Waals surface area contributed by atoms with Crippen LogP contribution in [0.3, 0.4) is 0 Å². The highest BCUT2D eigenvalue weighted by Crippen LogP contribution is 2.38. The van der Waals surface area contributed by atoms with E-state index in [-0.39, 0.29) is 24.7 Å². The molecule has 3 aromatic rings. The predicted octanol–water partition coefficient (Wildman–Crippen LogP) is 4.29. The molecule has 0 radical (unpaired) electrons. The molecular weight excluding hydrogens is 538 g/mol. The van der Waals surface area contributed by atoms with Crippen LogP contribution in [0.15, 0.2) is 66.7 Å². The number of amides is 1. The Bertz CT molecular complexity index is 1390. The summed E-state index contributed by atoms with van der Waals surface area (Å²) in [6.07, 6.45) is 5.49. The number of benzene rings is 3. The van der Waals surface area contributed by atoms with Crippen molar-refractivity contribution in [2.45, 2.75) is 57.0 Å². The predicted molar refractivity (Wildman–Crippen MR) is 163 cm³/mol. The van der Waals surface area contributed by atoms with Crippen molar-refractivity contribution < 1.29 is 23.4 Å². The SMILES string of the molecule is Nc1ccc([C@H](O)CNCCCc2ccc(-c3ccc(C(=O)NS(=O)(=O)CCCO)c(C4CCCC4)c3)cc2)cc1. The van der Waals surface area contributed by atoms with Gasteiger partial charge >= 0.3 is 0 Å². The topological polar surface area (TPSA) is 142 Å². The minimum absolute atomic E-state index is 0.0805. The lowest BCUT2D eigenvalue weighted by atomic mass is 9.89. The summed E-state index contributed by atoms with van der Waals surface area (Å²) in [4.78, 5) is 13.0. The van der Waals surface area contributed by atoms with Gasteiger partial charge in [0.15, 0.2) is 0 Å². The van der Waals surface area contributed by atoms with Crippen LogP contribution in [-0.2, 0) is 16.4 Å². The zero-order valence-electron chi connectivity index (χ0n) is 23.4. The number of aryl methyl sites for hydroxylation is 1. The molecule has 6 N–H and O–H groups in total. The Labute approximate surface area is 243 Å². The van der Waals surface area contributed by atoms with Crippen LogP contribution in [0.1, 0.15) is 77.6 Å². The van der Waals surface area contributed by atoms with Gasteiger partial charge in [-0.1, -0.05) is 61.4 Å². The van der Waals surface area contributed by atoms with E-state index in [0.717, 1.165) is 67.3 Å².